The molecule has 1 heterocycles. The molecule has 1 aliphatic carbocycles. The van der Waals surface area contributed by atoms with Gasteiger partial charge in [-0.25, -0.2) is 4.79 Å². The van der Waals surface area contributed by atoms with Crippen LogP contribution in [0.1, 0.15) is 55.3 Å². The Labute approximate surface area is 149 Å². The number of nitrogens with zero attached hydrogens (tertiary/aromatic N) is 1. The van der Waals surface area contributed by atoms with Gasteiger partial charge in [0.15, 0.2) is 5.78 Å². The molecule has 1 aliphatic heterocycles. The number of Topliss-reactive ketones (excluding diaryl/α,β-unsaturated/α-hetero) is 1. The second-order valence-corrected chi connectivity index (χ2v) is 7.52. The van der Waals surface area contributed by atoms with E-state index < -0.39 is 11.6 Å². The number of benzene rings is 1. The van der Waals surface area contributed by atoms with Crippen molar-refractivity contribution >= 4 is 33.7 Å². The summed E-state index contributed by atoms with van der Waals surface area (Å²) in [4.78, 5) is 38.7. The minimum absolute atomic E-state index is 0.200. The van der Waals surface area contributed by atoms with Gasteiger partial charge in [0.05, 0.1) is 6.54 Å². The minimum Gasteiger partial charge on any atom is -0.323 e. The lowest BCUT2D eigenvalue weighted by Crippen LogP contribution is -2.47. The molecule has 3 rings (SSSR count). The number of hydrogen-bond acceptors (Lipinski definition) is 3. The molecule has 1 saturated carbocycles. The van der Waals surface area contributed by atoms with Crippen LogP contribution in [0.15, 0.2) is 28.7 Å². The van der Waals surface area contributed by atoms with Crippen LogP contribution in [0.5, 0.6) is 0 Å². The lowest BCUT2D eigenvalue weighted by atomic mass is 9.84. The highest BCUT2D eigenvalue weighted by atomic mass is 79.9. The van der Waals surface area contributed by atoms with Gasteiger partial charge in [0.1, 0.15) is 5.54 Å². The Morgan fingerprint density at radius 3 is 2.25 bits per heavy atom. The maximum atomic E-state index is 12.9. The first-order valence-electron chi connectivity index (χ1n) is 8.45. The Hall–Kier alpha value is -1.69. The second-order valence-electron chi connectivity index (χ2n) is 6.60. The van der Waals surface area contributed by atoms with E-state index in [9.17, 15) is 14.4 Å². The molecule has 128 valence electrons. The highest BCUT2D eigenvalue weighted by Gasteiger charge is 2.50. The van der Waals surface area contributed by atoms with Crippen LogP contribution >= 0.6 is 15.9 Å². The van der Waals surface area contributed by atoms with Crippen molar-refractivity contribution in [3.05, 3.63) is 34.3 Å². The quantitative estimate of drug-likeness (QED) is 0.630. The van der Waals surface area contributed by atoms with Crippen LogP contribution in [0.25, 0.3) is 0 Å². The summed E-state index contributed by atoms with van der Waals surface area (Å²) in [5.41, 5.74) is -0.297. The van der Waals surface area contributed by atoms with Gasteiger partial charge in [-0.05, 0) is 25.0 Å². The molecule has 1 saturated heterocycles. The Kier molecular flexibility index (Phi) is 5.04. The molecular weight excluding hydrogens is 372 g/mol. The normalized spacial score (nSPS) is 20.6. The first kappa shape index (κ1) is 17.1. The molecule has 1 spiro atoms. The predicted molar refractivity (Wildman–Crippen MR) is 93.8 cm³/mol. The van der Waals surface area contributed by atoms with Gasteiger partial charge in [-0.15, -0.1) is 0 Å². The van der Waals surface area contributed by atoms with E-state index in [4.69, 9.17) is 0 Å². The van der Waals surface area contributed by atoms with E-state index in [-0.39, 0.29) is 18.2 Å². The van der Waals surface area contributed by atoms with E-state index >= 15 is 0 Å². The topological polar surface area (TPSA) is 66.5 Å². The first-order chi connectivity index (χ1) is 11.5. The van der Waals surface area contributed by atoms with Gasteiger partial charge in [-0.1, -0.05) is 60.2 Å². The number of carbonyl (C=O) groups excluding carboxylic acids is 3. The average Bonchev–Trinajstić information content (AvgIpc) is 2.77. The number of amides is 3. The van der Waals surface area contributed by atoms with Crippen molar-refractivity contribution in [3.63, 3.8) is 0 Å². The molecule has 0 radical (unpaired) electrons. The SMILES string of the molecule is O=C(CN1C(=O)NC2(CCCCCCC2)C1=O)c1ccc(Br)cc1. The highest BCUT2D eigenvalue weighted by Crippen LogP contribution is 2.32. The smallest absolute Gasteiger partial charge is 0.323 e. The van der Waals surface area contributed by atoms with Crippen molar-refractivity contribution in [2.24, 2.45) is 0 Å². The summed E-state index contributed by atoms with van der Waals surface area (Å²) >= 11 is 3.32. The Bertz CT molecular complexity index is 649. The van der Waals surface area contributed by atoms with Gasteiger partial charge >= 0.3 is 6.03 Å². The number of hydrogen-bond donors (Lipinski definition) is 1. The molecule has 3 amide bonds. The van der Waals surface area contributed by atoms with Gasteiger partial charge in [-0.3, -0.25) is 14.5 Å². The Balaban J connectivity index is 1.74. The van der Waals surface area contributed by atoms with Gasteiger partial charge in [0.25, 0.3) is 5.91 Å². The molecule has 2 fully saturated rings. The molecule has 24 heavy (non-hydrogen) atoms. The lowest BCUT2D eigenvalue weighted by molar-refractivity contribution is -0.131. The zero-order chi connectivity index (χ0) is 17.2. The molecule has 0 bridgehead atoms. The van der Waals surface area contributed by atoms with E-state index in [1.807, 2.05) is 0 Å². The van der Waals surface area contributed by atoms with E-state index in [0.29, 0.717) is 18.4 Å². The number of carbonyl (C=O) groups is 3. The van der Waals surface area contributed by atoms with Crippen LogP contribution in [0.2, 0.25) is 0 Å². The summed E-state index contributed by atoms with van der Waals surface area (Å²) in [6, 6.07) is 6.49. The third kappa shape index (κ3) is 3.38. The summed E-state index contributed by atoms with van der Waals surface area (Å²) in [5, 5.41) is 2.88. The molecule has 2 aliphatic rings. The van der Waals surface area contributed by atoms with Crippen molar-refractivity contribution < 1.29 is 14.4 Å². The number of urea groups is 1. The fourth-order valence-electron chi connectivity index (χ4n) is 3.54. The maximum absolute atomic E-state index is 12.9. The second kappa shape index (κ2) is 7.05. The summed E-state index contributed by atoms with van der Waals surface area (Å²) in [6.45, 7) is -0.200. The van der Waals surface area contributed by atoms with Crippen LogP contribution in [0.3, 0.4) is 0 Å². The van der Waals surface area contributed by atoms with E-state index in [1.54, 1.807) is 24.3 Å². The summed E-state index contributed by atoms with van der Waals surface area (Å²) < 4.78 is 0.877. The largest absolute Gasteiger partial charge is 0.325 e. The van der Waals surface area contributed by atoms with E-state index in [1.165, 1.54) is 6.42 Å². The standard InChI is InChI=1S/C18H21BrN2O3/c19-14-8-6-13(7-9-14)15(22)12-21-16(23)18(20-17(21)24)10-4-2-1-3-5-11-18/h6-9H,1-5,10-12H2,(H,20,24). The molecule has 5 nitrogen and oxygen atoms in total. The maximum Gasteiger partial charge on any atom is 0.325 e. The molecule has 1 aromatic carbocycles. The monoisotopic (exact) mass is 392 g/mol. The van der Waals surface area contributed by atoms with Gasteiger partial charge in [-0.2, -0.15) is 0 Å². The molecule has 0 atom stereocenters. The number of ketones is 1. The fraction of sp³-hybridized carbons (Fsp3) is 0.500. The predicted octanol–water partition coefficient (Wildman–Crippen LogP) is 3.67. The molecule has 0 unspecified atom stereocenters. The van der Waals surface area contributed by atoms with Gasteiger partial charge < -0.3 is 5.32 Å². The molecule has 6 heteroatoms. The highest BCUT2D eigenvalue weighted by molar-refractivity contribution is 9.10. The Morgan fingerprint density at radius 1 is 1.04 bits per heavy atom. The zero-order valence-corrected chi connectivity index (χ0v) is 15.1. The van der Waals surface area contributed by atoms with Crippen LogP contribution in [-0.2, 0) is 4.79 Å². The summed E-state index contributed by atoms with van der Waals surface area (Å²) in [7, 11) is 0. The van der Waals surface area contributed by atoms with Crippen molar-refractivity contribution in [2.75, 3.05) is 6.54 Å². The number of imide groups is 1. The van der Waals surface area contributed by atoms with E-state index in [0.717, 1.165) is 35.1 Å². The zero-order valence-electron chi connectivity index (χ0n) is 13.5. The van der Waals surface area contributed by atoms with Crippen LogP contribution in [0, 0.1) is 0 Å². The van der Waals surface area contributed by atoms with Crippen LogP contribution in [0.4, 0.5) is 4.79 Å². The Morgan fingerprint density at radius 2 is 1.62 bits per heavy atom. The van der Waals surface area contributed by atoms with Gasteiger partial charge in [0.2, 0.25) is 0 Å². The third-order valence-electron chi connectivity index (χ3n) is 4.92. The first-order valence-corrected chi connectivity index (χ1v) is 9.24. The van der Waals surface area contributed by atoms with Crippen LogP contribution < -0.4 is 5.32 Å². The molecule has 0 aromatic heterocycles. The summed E-state index contributed by atoms with van der Waals surface area (Å²) in [5.74, 6) is -0.464. The number of halogens is 1. The molecule has 1 N–H and O–H groups in total. The number of rotatable bonds is 3. The molecule has 1 aromatic rings. The third-order valence-corrected chi connectivity index (χ3v) is 5.45. The van der Waals surface area contributed by atoms with Crippen molar-refractivity contribution in [3.8, 4) is 0 Å². The van der Waals surface area contributed by atoms with Gasteiger partial charge in [0, 0.05) is 10.0 Å². The minimum atomic E-state index is -0.794. The van der Waals surface area contributed by atoms with E-state index in [2.05, 4.69) is 21.2 Å². The average molecular weight is 393 g/mol. The number of nitrogens with one attached hydrogen (secondary N) is 1. The van der Waals surface area contributed by atoms with Crippen molar-refractivity contribution in [2.45, 2.75) is 50.5 Å². The molecular formula is C18H21BrN2O3. The lowest BCUT2D eigenvalue weighted by Gasteiger charge is -2.28. The van der Waals surface area contributed by atoms with Crippen molar-refractivity contribution in [1.82, 2.24) is 10.2 Å². The summed E-state index contributed by atoms with van der Waals surface area (Å²) in [6.07, 6.45) is 6.55. The van der Waals surface area contributed by atoms with Crippen LogP contribution in [-0.4, -0.2) is 34.7 Å². The fourth-order valence-corrected chi connectivity index (χ4v) is 3.80. The van der Waals surface area contributed by atoms with Crippen molar-refractivity contribution in [1.29, 1.82) is 0 Å².